The maximum Gasteiger partial charge on any atom is 0.331 e. The van der Waals surface area contributed by atoms with Gasteiger partial charge >= 0.3 is 5.69 Å². The third kappa shape index (κ3) is 3.03. The van der Waals surface area contributed by atoms with Gasteiger partial charge in [0.1, 0.15) is 11.8 Å². The van der Waals surface area contributed by atoms with Gasteiger partial charge in [-0.1, -0.05) is 36.4 Å². The lowest BCUT2D eigenvalue weighted by Gasteiger charge is -2.28. The van der Waals surface area contributed by atoms with Crippen molar-refractivity contribution in [2.45, 2.75) is 37.8 Å². The van der Waals surface area contributed by atoms with E-state index in [1.165, 1.54) is 0 Å². The molecule has 34 heavy (non-hydrogen) atoms. The molecule has 5 aromatic rings. The number of H-pyrrole nitrogens is 1. The number of fused-ring (bicyclic) bond motifs is 2. The zero-order valence-electron chi connectivity index (χ0n) is 19.0. The van der Waals surface area contributed by atoms with Crippen LogP contribution in [0.25, 0.3) is 38.8 Å². The molecule has 0 aliphatic heterocycles. The second-order valence-electron chi connectivity index (χ2n) is 9.28. The summed E-state index contributed by atoms with van der Waals surface area (Å²) in [5, 5.41) is 12.0. The zero-order valence-corrected chi connectivity index (χ0v) is 19.0. The van der Waals surface area contributed by atoms with Gasteiger partial charge in [-0.05, 0) is 37.8 Å². The van der Waals surface area contributed by atoms with Crippen LogP contribution >= 0.6 is 0 Å². The van der Waals surface area contributed by atoms with E-state index < -0.39 is 0 Å². The minimum Gasteiger partial charge on any atom is -0.348 e. The molecule has 2 aromatic carbocycles. The molecule has 1 fully saturated rings. The van der Waals surface area contributed by atoms with Crippen LogP contribution in [0.1, 0.15) is 37.4 Å². The number of aromatic amines is 1. The van der Waals surface area contributed by atoms with Crippen molar-refractivity contribution in [1.29, 1.82) is 5.26 Å². The highest BCUT2D eigenvalue weighted by Crippen LogP contribution is 2.38. The maximum absolute atomic E-state index is 13.3. The average Bonchev–Trinajstić information content (AvgIpc) is 3.50. The predicted octanol–water partition coefficient (Wildman–Crippen LogP) is 4.59. The number of aromatic nitrogens is 4. The van der Waals surface area contributed by atoms with Crippen LogP contribution in [0.3, 0.4) is 0 Å². The van der Waals surface area contributed by atoms with E-state index in [0.29, 0.717) is 11.7 Å². The van der Waals surface area contributed by atoms with E-state index >= 15 is 0 Å². The fraction of sp³-hybridized carbons (Fsp3) is 0.259. The lowest BCUT2D eigenvalue weighted by molar-refractivity contribution is 0.330. The minimum atomic E-state index is -0.316. The predicted molar refractivity (Wildman–Crippen MR) is 134 cm³/mol. The number of nitrogens with two attached hydrogens (primary N) is 1. The van der Waals surface area contributed by atoms with Crippen LogP contribution in [0.2, 0.25) is 0 Å². The number of nitrogens with one attached hydrogen (secondary N) is 1. The summed E-state index contributed by atoms with van der Waals surface area (Å²) in [6.07, 6.45) is 8.12. The monoisotopic (exact) mass is 450 g/mol. The Hall–Kier alpha value is -4.02. The first-order chi connectivity index (χ1) is 16.6. The molecule has 3 aromatic heterocycles. The van der Waals surface area contributed by atoms with Crippen LogP contribution in [-0.2, 0) is 7.05 Å². The first-order valence-corrected chi connectivity index (χ1v) is 11.7. The zero-order chi connectivity index (χ0) is 23.4. The maximum atomic E-state index is 13.3. The third-order valence-electron chi connectivity index (χ3n) is 7.25. The van der Waals surface area contributed by atoms with E-state index in [9.17, 15) is 10.1 Å². The van der Waals surface area contributed by atoms with Crippen molar-refractivity contribution in [2.75, 3.05) is 0 Å². The van der Waals surface area contributed by atoms with Crippen molar-refractivity contribution in [3.8, 4) is 23.0 Å². The summed E-state index contributed by atoms with van der Waals surface area (Å²) in [4.78, 5) is 16.1. The van der Waals surface area contributed by atoms with E-state index in [4.69, 9.17) is 5.73 Å². The van der Waals surface area contributed by atoms with Crippen molar-refractivity contribution in [2.24, 2.45) is 12.8 Å². The molecule has 6 rings (SSSR count). The van der Waals surface area contributed by atoms with Crippen LogP contribution in [0.4, 0.5) is 0 Å². The van der Waals surface area contributed by atoms with Crippen molar-refractivity contribution in [1.82, 2.24) is 18.7 Å². The number of nitrogens with zero attached hydrogens (tertiary/aromatic N) is 4. The van der Waals surface area contributed by atoms with Crippen molar-refractivity contribution in [3.63, 3.8) is 0 Å². The molecule has 0 spiro atoms. The molecule has 3 N–H and O–H groups in total. The first kappa shape index (κ1) is 20.6. The summed E-state index contributed by atoms with van der Waals surface area (Å²) in [6, 6.07) is 19.1. The molecule has 1 aliphatic rings. The fourth-order valence-corrected chi connectivity index (χ4v) is 5.58. The molecule has 3 heterocycles. The third-order valence-corrected chi connectivity index (χ3v) is 7.25. The summed E-state index contributed by atoms with van der Waals surface area (Å²) in [7, 11) is 1.97. The number of hydrogen-bond acceptors (Lipinski definition) is 3. The second kappa shape index (κ2) is 7.79. The van der Waals surface area contributed by atoms with Gasteiger partial charge in [-0.15, -0.1) is 0 Å². The Balaban J connectivity index is 1.63. The normalized spacial score (nSPS) is 18.5. The summed E-state index contributed by atoms with van der Waals surface area (Å²) in [5.74, 6) is 0. The highest BCUT2D eigenvalue weighted by Gasteiger charge is 2.26. The number of aryl methyl sites for hydroxylation is 1. The van der Waals surface area contributed by atoms with Gasteiger partial charge in [-0.3, -0.25) is 9.55 Å². The van der Waals surface area contributed by atoms with Gasteiger partial charge in [-0.25, -0.2) is 4.79 Å². The molecule has 170 valence electrons. The van der Waals surface area contributed by atoms with Crippen LogP contribution in [-0.4, -0.2) is 24.7 Å². The van der Waals surface area contributed by atoms with Crippen molar-refractivity contribution < 1.29 is 0 Å². The van der Waals surface area contributed by atoms with Gasteiger partial charge in [0.05, 0.1) is 11.4 Å². The van der Waals surface area contributed by atoms with Crippen LogP contribution in [0.15, 0.2) is 65.7 Å². The number of rotatable bonds is 3. The Morgan fingerprint density at radius 3 is 2.38 bits per heavy atom. The molecule has 0 saturated heterocycles. The van der Waals surface area contributed by atoms with Crippen LogP contribution < -0.4 is 11.4 Å². The molecular weight excluding hydrogens is 424 g/mol. The summed E-state index contributed by atoms with van der Waals surface area (Å²) >= 11 is 0. The Kier molecular flexibility index (Phi) is 4.71. The molecule has 0 atom stereocenters. The van der Waals surface area contributed by atoms with Crippen LogP contribution in [0, 0.1) is 11.3 Å². The number of imidazole rings is 1. The van der Waals surface area contributed by atoms with E-state index in [-0.39, 0.29) is 17.4 Å². The first-order valence-electron chi connectivity index (χ1n) is 11.7. The molecular formula is C27H26N6O. The Morgan fingerprint density at radius 2 is 1.65 bits per heavy atom. The Morgan fingerprint density at radius 1 is 0.971 bits per heavy atom. The quantitative estimate of drug-likeness (QED) is 0.421. The summed E-state index contributed by atoms with van der Waals surface area (Å²) in [5.41, 5.74) is 10.5. The molecule has 0 radical (unpaired) electrons. The number of hydrogen-bond donors (Lipinski definition) is 2. The molecule has 1 saturated carbocycles. The molecule has 0 unspecified atom stereocenters. The highest BCUT2D eigenvalue weighted by atomic mass is 16.1. The molecule has 1 aliphatic carbocycles. The highest BCUT2D eigenvalue weighted by molar-refractivity contribution is 5.98. The molecule has 7 nitrogen and oxygen atoms in total. The smallest absolute Gasteiger partial charge is 0.331 e. The van der Waals surface area contributed by atoms with E-state index in [2.05, 4.69) is 33.9 Å². The van der Waals surface area contributed by atoms with E-state index in [0.717, 1.165) is 58.7 Å². The average molecular weight is 451 g/mol. The second-order valence-corrected chi connectivity index (χ2v) is 9.28. The van der Waals surface area contributed by atoms with Gasteiger partial charge < -0.3 is 14.9 Å². The lowest BCUT2D eigenvalue weighted by atomic mass is 9.91. The topological polar surface area (TPSA) is 97.5 Å². The molecule has 7 heteroatoms. The van der Waals surface area contributed by atoms with Crippen LogP contribution in [0.5, 0.6) is 0 Å². The van der Waals surface area contributed by atoms with Crippen molar-refractivity contribution in [3.05, 3.63) is 77.1 Å². The van der Waals surface area contributed by atoms with Gasteiger partial charge in [0.15, 0.2) is 0 Å². The van der Waals surface area contributed by atoms with Crippen molar-refractivity contribution >= 4 is 21.8 Å². The van der Waals surface area contributed by atoms with Gasteiger partial charge in [0.25, 0.3) is 0 Å². The number of benzene rings is 2. The fourth-order valence-electron chi connectivity index (χ4n) is 5.58. The Labute approximate surface area is 196 Å². The Bertz CT molecular complexity index is 1630. The number of para-hydroxylation sites is 2. The SMILES string of the molecule is Cn1cc(-n2c(-c3cn(C4CCC(N)CC4)c4ccccc34)c(C#N)[nH]c2=O)c2ccccc21. The summed E-state index contributed by atoms with van der Waals surface area (Å²) < 4.78 is 5.99. The standard InChI is InChI=1S/C27H26N6O/c1-31-16-25(20-7-3-4-8-23(20)31)33-26(22(14-28)30-27(33)34)21-15-32(18-12-10-17(29)11-13-18)24-9-5-2-6-19(21)24/h2-9,15-18H,10-13,29H2,1H3,(H,30,34). The number of nitriles is 1. The lowest BCUT2D eigenvalue weighted by Crippen LogP contribution is -2.27. The van der Waals surface area contributed by atoms with E-state index in [1.807, 2.05) is 54.2 Å². The van der Waals surface area contributed by atoms with E-state index in [1.54, 1.807) is 4.57 Å². The largest absolute Gasteiger partial charge is 0.348 e. The molecule has 0 amide bonds. The van der Waals surface area contributed by atoms with Gasteiger partial charge in [0, 0.05) is 58.9 Å². The van der Waals surface area contributed by atoms with Gasteiger partial charge in [0.2, 0.25) is 0 Å². The minimum absolute atomic E-state index is 0.268. The molecule has 0 bridgehead atoms. The summed E-state index contributed by atoms with van der Waals surface area (Å²) in [6.45, 7) is 0. The van der Waals surface area contributed by atoms with Gasteiger partial charge in [-0.2, -0.15) is 5.26 Å².